The minimum atomic E-state index is 0.439. The van der Waals surface area contributed by atoms with Crippen LogP contribution in [-0.4, -0.2) is 13.7 Å². The largest absolute Gasteiger partial charge is 0.495 e. The Morgan fingerprint density at radius 2 is 2.41 bits per heavy atom. The van der Waals surface area contributed by atoms with E-state index in [1.165, 1.54) is 7.11 Å². The first-order valence-corrected chi connectivity index (χ1v) is 5.07. The van der Waals surface area contributed by atoms with Gasteiger partial charge in [-0.3, -0.25) is 0 Å². The third-order valence-electron chi connectivity index (χ3n) is 2.11. The van der Waals surface area contributed by atoms with Crippen LogP contribution in [0.4, 0.5) is 0 Å². The summed E-state index contributed by atoms with van der Waals surface area (Å²) in [5.41, 5.74) is 9.52. The number of methoxy groups -OCH3 is 1. The van der Waals surface area contributed by atoms with E-state index >= 15 is 0 Å². The number of ether oxygens (including phenoxy) is 1. The summed E-state index contributed by atoms with van der Waals surface area (Å²) in [6.07, 6.45) is 4.46. The second kappa shape index (κ2) is 6.94. The van der Waals surface area contributed by atoms with Crippen LogP contribution in [0.1, 0.15) is 17.5 Å². The molecule has 0 spiro atoms. The Labute approximate surface area is 99.6 Å². The quantitative estimate of drug-likeness (QED) is 0.335. The first-order chi connectivity index (χ1) is 8.31. The van der Waals surface area contributed by atoms with Gasteiger partial charge < -0.3 is 4.74 Å². The van der Waals surface area contributed by atoms with Gasteiger partial charge in [0.2, 0.25) is 0 Å². The molecule has 0 aromatic heterocycles. The highest BCUT2D eigenvalue weighted by Crippen LogP contribution is 2.19. The molecule has 0 N–H and O–H groups in total. The first-order valence-electron chi connectivity index (χ1n) is 5.07. The summed E-state index contributed by atoms with van der Waals surface area (Å²) in [6, 6.07) is 7.45. The summed E-state index contributed by atoms with van der Waals surface area (Å²) >= 11 is 0. The molecule has 0 amide bonds. The van der Waals surface area contributed by atoms with Gasteiger partial charge in [0, 0.05) is 11.5 Å². The molecule has 0 saturated carbocycles. The Bertz CT molecular complexity index is 496. The SMILES string of the molecule is COc1ccc(C=CCCN=[N+]=[N-])cc1C#N. The number of azide groups is 1. The second-order valence-electron chi connectivity index (χ2n) is 3.22. The van der Waals surface area contributed by atoms with Gasteiger partial charge in [-0.1, -0.05) is 23.3 Å². The molecule has 0 atom stereocenters. The molecule has 0 aliphatic carbocycles. The zero-order valence-corrected chi connectivity index (χ0v) is 9.50. The fraction of sp³-hybridized carbons (Fsp3) is 0.250. The van der Waals surface area contributed by atoms with Crippen LogP contribution in [0.3, 0.4) is 0 Å². The maximum absolute atomic E-state index is 8.91. The van der Waals surface area contributed by atoms with Crippen LogP contribution in [-0.2, 0) is 0 Å². The third-order valence-corrected chi connectivity index (χ3v) is 2.11. The van der Waals surface area contributed by atoms with E-state index < -0.39 is 0 Å². The van der Waals surface area contributed by atoms with E-state index in [0.717, 1.165) is 5.56 Å². The van der Waals surface area contributed by atoms with Crippen molar-refractivity contribution in [1.82, 2.24) is 0 Å². The lowest BCUT2D eigenvalue weighted by atomic mass is 10.1. The zero-order chi connectivity index (χ0) is 12.5. The van der Waals surface area contributed by atoms with Crippen molar-refractivity contribution in [3.8, 4) is 11.8 Å². The standard InChI is InChI=1S/C12H12N4O/c1-17-12-6-5-10(8-11(12)9-13)4-2-3-7-15-16-14/h2,4-6,8H,3,7H2,1H3. The molecule has 5 nitrogen and oxygen atoms in total. The zero-order valence-electron chi connectivity index (χ0n) is 9.50. The van der Waals surface area contributed by atoms with Crippen LogP contribution in [0.2, 0.25) is 0 Å². The van der Waals surface area contributed by atoms with E-state index in [1.54, 1.807) is 12.1 Å². The fourth-order valence-corrected chi connectivity index (χ4v) is 1.31. The van der Waals surface area contributed by atoms with Crippen molar-refractivity contribution in [3.05, 3.63) is 45.8 Å². The summed E-state index contributed by atoms with van der Waals surface area (Å²) in [5, 5.41) is 12.3. The average molecular weight is 228 g/mol. The van der Waals surface area contributed by atoms with E-state index in [-0.39, 0.29) is 0 Å². The number of rotatable bonds is 5. The highest BCUT2D eigenvalue weighted by atomic mass is 16.5. The molecule has 86 valence electrons. The molecule has 1 aromatic carbocycles. The fourth-order valence-electron chi connectivity index (χ4n) is 1.31. The Morgan fingerprint density at radius 3 is 3.06 bits per heavy atom. The topological polar surface area (TPSA) is 81.8 Å². The Kier molecular flexibility index (Phi) is 5.15. The van der Waals surface area contributed by atoms with Crippen LogP contribution in [0, 0.1) is 11.3 Å². The molecule has 1 rings (SSSR count). The predicted molar refractivity (Wildman–Crippen MR) is 65.4 cm³/mol. The maximum Gasteiger partial charge on any atom is 0.136 e. The highest BCUT2D eigenvalue weighted by molar-refractivity contribution is 5.56. The van der Waals surface area contributed by atoms with Crippen molar-refractivity contribution in [2.24, 2.45) is 5.11 Å². The van der Waals surface area contributed by atoms with Gasteiger partial charge >= 0.3 is 0 Å². The Hall–Kier alpha value is -2.44. The van der Waals surface area contributed by atoms with Crippen molar-refractivity contribution in [2.45, 2.75) is 6.42 Å². The summed E-state index contributed by atoms with van der Waals surface area (Å²) in [4.78, 5) is 2.66. The summed E-state index contributed by atoms with van der Waals surface area (Å²) in [7, 11) is 1.53. The van der Waals surface area contributed by atoms with Crippen LogP contribution in [0.15, 0.2) is 29.4 Å². The van der Waals surface area contributed by atoms with Crippen LogP contribution >= 0.6 is 0 Å². The van der Waals surface area contributed by atoms with Gasteiger partial charge in [-0.15, -0.1) is 0 Å². The third kappa shape index (κ3) is 3.90. The molecule has 0 heterocycles. The second-order valence-corrected chi connectivity index (χ2v) is 3.22. The minimum absolute atomic E-state index is 0.439. The normalized spacial score (nSPS) is 9.65. The summed E-state index contributed by atoms with van der Waals surface area (Å²) in [6.45, 7) is 0.439. The highest BCUT2D eigenvalue weighted by Gasteiger charge is 2.01. The average Bonchev–Trinajstić information content (AvgIpc) is 2.38. The number of hydrogen-bond donors (Lipinski definition) is 0. The molecular weight excluding hydrogens is 216 g/mol. The van der Waals surface area contributed by atoms with Gasteiger partial charge in [0.05, 0.1) is 12.7 Å². The van der Waals surface area contributed by atoms with Gasteiger partial charge in [0.25, 0.3) is 0 Å². The number of benzene rings is 1. The molecule has 0 radical (unpaired) electrons. The molecule has 1 aromatic rings. The summed E-state index contributed by atoms with van der Waals surface area (Å²) < 4.78 is 5.05. The number of nitrogens with zero attached hydrogens (tertiary/aromatic N) is 4. The van der Waals surface area contributed by atoms with Gasteiger partial charge in [-0.05, 0) is 29.6 Å². The molecule has 0 fully saturated rings. The van der Waals surface area contributed by atoms with Crippen molar-refractivity contribution in [2.75, 3.05) is 13.7 Å². The van der Waals surface area contributed by atoms with Gasteiger partial charge in [-0.2, -0.15) is 5.26 Å². The van der Waals surface area contributed by atoms with E-state index in [2.05, 4.69) is 16.1 Å². The minimum Gasteiger partial charge on any atom is -0.495 e. The Balaban J connectivity index is 2.73. The smallest absolute Gasteiger partial charge is 0.136 e. The van der Waals surface area contributed by atoms with E-state index in [4.69, 9.17) is 15.5 Å². The van der Waals surface area contributed by atoms with E-state index in [0.29, 0.717) is 24.3 Å². The molecule has 0 aliphatic heterocycles. The number of nitriles is 1. The van der Waals surface area contributed by atoms with E-state index in [9.17, 15) is 0 Å². The van der Waals surface area contributed by atoms with Crippen LogP contribution < -0.4 is 4.74 Å². The molecule has 0 aliphatic rings. The number of hydrogen-bond acceptors (Lipinski definition) is 3. The van der Waals surface area contributed by atoms with E-state index in [1.807, 2.05) is 18.2 Å². The van der Waals surface area contributed by atoms with Crippen molar-refractivity contribution < 1.29 is 4.74 Å². The molecule has 0 unspecified atom stereocenters. The monoisotopic (exact) mass is 228 g/mol. The van der Waals surface area contributed by atoms with Gasteiger partial charge in [0.15, 0.2) is 0 Å². The Morgan fingerprint density at radius 1 is 1.59 bits per heavy atom. The molecule has 0 bridgehead atoms. The summed E-state index contributed by atoms with van der Waals surface area (Å²) in [5.74, 6) is 0.568. The maximum atomic E-state index is 8.91. The molecule has 0 saturated heterocycles. The van der Waals surface area contributed by atoms with Gasteiger partial charge in [0.1, 0.15) is 11.8 Å². The molecule has 17 heavy (non-hydrogen) atoms. The molecular formula is C12H12N4O. The lowest BCUT2D eigenvalue weighted by Gasteiger charge is -2.02. The van der Waals surface area contributed by atoms with Crippen molar-refractivity contribution in [3.63, 3.8) is 0 Å². The van der Waals surface area contributed by atoms with Crippen molar-refractivity contribution in [1.29, 1.82) is 5.26 Å². The van der Waals surface area contributed by atoms with Crippen LogP contribution in [0.5, 0.6) is 5.75 Å². The predicted octanol–water partition coefficient (Wildman–Crippen LogP) is 3.28. The lowest BCUT2D eigenvalue weighted by molar-refractivity contribution is 0.413. The van der Waals surface area contributed by atoms with Crippen molar-refractivity contribution >= 4 is 6.08 Å². The lowest BCUT2D eigenvalue weighted by Crippen LogP contribution is -1.88. The first kappa shape index (κ1) is 12.6. The van der Waals surface area contributed by atoms with Gasteiger partial charge in [-0.25, -0.2) is 0 Å². The van der Waals surface area contributed by atoms with Crippen LogP contribution in [0.25, 0.3) is 16.5 Å². The molecule has 5 heteroatoms.